The van der Waals surface area contributed by atoms with Crippen molar-refractivity contribution in [2.24, 2.45) is 0 Å². The molecule has 1 atom stereocenters. The van der Waals surface area contributed by atoms with E-state index in [1.807, 2.05) is 61.5 Å². The molecule has 0 heterocycles. The first-order valence-corrected chi connectivity index (χ1v) is 10.6. The van der Waals surface area contributed by atoms with Crippen molar-refractivity contribution >= 4 is 22.0 Å². The van der Waals surface area contributed by atoms with Crippen LogP contribution in [0.5, 0.6) is 0 Å². The highest BCUT2D eigenvalue weighted by molar-refractivity contribution is 7.92. The molecular formula is C21H24N2O3S. The molecule has 1 fully saturated rings. The monoisotopic (exact) mass is 384 g/mol. The molecule has 0 saturated heterocycles. The van der Waals surface area contributed by atoms with E-state index >= 15 is 0 Å². The molecule has 0 aliphatic heterocycles. The summed E-state index contributed by atoms with van der Waals surface area (Å²) in [6, 6.07) is 16.3. The van der Waals surface area contributed by atoms with Crippen LogP contribution in [0.4, 0.5) is 0 Å². The van der Waals surface area contributed by atoms with Crippen molar-refractivity contribution in [1.29, 1.82) is 0 Å². The van der Waals surface area contributed by atoms with Crippen LogP contribution in [0.25, 0.3) is 6.08 Å². The summed E-state index contributed by atoms with van der Waals surface area (Å²) >= 11 is 0. The maximum Gasteiger partial charge on any atom is 0.238 e. The predicted molar refractivity (Wildman–Crippen MR) is 107 cm³/mol. The number of hydrogen-bond acceptors (Lipinski definition) is 3. The van der Waals surface area contributed by atoms with Crippen LogP contribution in [-0.4, -0.2) is 26.4 Å². The second kappa shape index (κ2) is 8.50. The number of hydrogen-bond donors (Lipinski definition) is 2. The molecule has 1 aliphatic rings. The molecule has 2 aromatic carbocycles. The van der Waals surface area contributed by atoms with Crippen LogP contribution in [0, 0.1) is 6.92 Å². The molecular weight excluding hydrogens is 360 g/mol. The van der Waals surface area contributed by atoms with E-state index in [-0.39, 0.29) is 11.9 Å². The van der Waals surface area contributed by atoms with Crippen molar-refractivity contribution in [2.75, 3.05) is 0 Å². The summed E-state index contributed by atoms with van der Waals surface area (Å²) in [4.78, 5) is 12.5. The maximum atomic E-state index is 12.5. The van der Waals surface area contributed by atoms with E-state index in [0.717, 1.165) is 34.9 Å². The van der Waals surface area contributed by atoms with Gasteiger partial charge >= 0.3 is 0 Å². The van der Waals surface area contributed by atoms with Gasteiger partial charge in [0.2, 0.25) is 15.9 Å². The summed E-state index contributed by atoms with van der Waals surface area (Å²) in [6.07, 6.45) is 3.73. The zero-order valence-electron chi connectivity index (χ0n) is 15.3. The summed E-state index contributed by atoms with van der Waals surface area (Å²) in [5.74, 6) is -0.284. The summed E-state index contributed by atoms with van der Waals surface area (Å²) in [5.41, 5.74) is 2.79. The zero-order chi connectivity index (χ0) is 19.3. The molecule has 27 heavy (non-hydrogen) atoms. The van der Waals surface area contributed by atoms with Crippen LogP contribution in [-0.2, 0) is 21.2 Å². The van der Waals surface area contributed by atoms with Crippen molar-refractivity contribution in [3.8, 4) is 0 Å². The van der Waals surface area contributed by atoms with Gasteiger partial charge in [-0.25, -0.2) is 8.42 Å². The first-order chi connectivity index (χ1) is 12.9. The van der Waals surface area contributed by atoms with Gasteiger partial charge in [-0.3, -0.25) is 4.79 Å². The van der Waals surface area contributed by atoms with Crippen molar-refractivity contribution in [3.63, 3.8) is 0 Å². The van der Waals surface area contributed by atoms with Crippen molar-refractivity contribution in [3.05, 3.63) is 76.7 Å². The fraction of sp³-hybridized carbons (Fsp3) is 0.286. The summed E-state index contributed by atoms with van der Waals surface area (Å²) in [6.45, 7) is 1.97. The Balaban J connectivity index is 1.72. The predicted octanol–water partition coefficient (Wildman–Crippen LogP) is 2.78. The molecule has 1 aliphatic carbocycles. The van der Waals surface area contributed by atoms with Gasteiger partial charge < -0.3 is 5.32 Å². The van der Waals surface area contributed by atoms with Gasteiger partial charge in [-0.15, -0.1) is 0 Å². The molecule has 1 saturated carbocycles. The summed E-state index contributed by atoms with van der Waals surface area (Å²) in [7, 11) is -3.76. The molecule has 1 amide bonds. The SMILES string of the molecule is Cc1ccc(/C=C/S(=O)(=O)NC(Cc2ccccc2)C(=O)NC2CC2)cc1. The molecule has 1 unspecified atom stereocenters. The van der Waals surface area contributed by atoms with E-state index in [1.165, 1.54) is 6.08 Å². The van der Waals surface area contributed by atoms with Gasteiger partial charge in [-0.1, -0.05) is 60.2 Å². The lowest BCUT2D eigenvalue weighted by Crippen LogP contribution is -2.48. The Morgan fingerprint density at radius 1 is 1.11 bits per heavy atom. The number of carbonyl (C=O) groups excluding carboxylic acids is 1. The first-order valence-electron chi connectivity index (χ1n) is 9.03. The topological polar surface area (TPSA) is 75.3 Å². The smallest absolute Gasteiger partial charge is 0.238 e. The standard InChI is InChI=1S/C21H24N2O3S/c1-16-7-9-17(10-8-16)13-14-27(25,26)23-20(21(24)22-19-11-12-19)15-18-5-3-2-4-6-18/h2-10,13-14,19-20,23H,11-12,15H2,1H3,(H,22,24)/b14-13+. The van der Waals surface area contributed by atoms with Crippen LogP contribution >= 0.6 is 0 Å². The third-order valence-corrected chi connectivity index (χ3v) is 5.45. The highest BCUT2D eigenvalue weighted by Crippen LogP contribution is 2.19. The number of aryl methyl sites for hydroxylation is 1. The van der Waals surface area contributed by atoms with E-state index in [1.54, 1.807) is 0 Å². The maximum absolute atomic E-state index is 12.5. The Bertz CT molecular complexity index is 902. The lowest BCUT2D eigenvalue weighted by molar-refractivity contribution is -0.122. The Hall–Kier alpha value is -2.44. The van der Waals surface area contributed by atoms with Crippen molar-refractivity contribution in [1.82, 2.24) is 10.0 Å². The Labute approximate surface area is 160 Å². The van der Waals surface area contributed by atoms with E-state index in [2.05, 4.69) is 10.0 Å². The Morgan fingerprint density at radius 3 is 2.41 bits per heavy atom. The summed E-state index contributed by atoms with van der Waals surface area (Å²) < 4.78 is 27.5. The van der Waals surface area contributed by atoms with Gasteiger partial charge in [0.1, 0.15) is 6.04 Å². The molecule has 5 nitrogen and oxygen atoms in total. The molecule has 6 heteroatoms. The molecule has 2 N–H and O–H groups in total. The van der Waals surface area contributed by atoms with Gasteiger partial charge in [0, 0.05) is 11.4 Å². The highest BCUT2D eigenvalue weighted by Gasteiger charge is 2.29. The first kappa shape index (κ1) is 19.3. The average molecular weight is 385 g/mol. The zero-order valence-corrected chi connectivity index (χ0v) is 16.1. The van der Waals surface area contributed by atoms with Crippen LogP contribution < -0.4 is 10.0 Å². The van der Waals surface area contributed by atoms with Gasteiger partial charge in [0.25, 0.3) is 0 Å². The minimum Gasteiger partial charge on any atom is -0.352 e. The lowest BCUT2D eigenvalue weighted by atomic mass is 10.1. The Kier molecular flexibility index (Phi) is 6.08. The van der Waals surface area contributed by atoms with Gasteiger partial charge in [-0.05, 0) is 43.4 Å². The number of sulfonamides is 1. The fourth-order valence-electron chi connectivity index (χ4n) is 2.65. The number of nitrogens with one attached hydrogen (secondary N) is 2. The van der Waals surface area contributed by atoms with Gasteiger partial charge in [0.15, 0.2) is 0 Å². The molecule has 0 aromatic heterocycles. The molecule has 0 bridgehead atoms. The second-order valence-electron chi connectivity index (χ2n) is 6.90. The molecule has 3 rings (SSSR count). The third-order valence-electron chi connectivity index (χ3n) is 4.35. The molecule has 0 radical (unpaired) electrons. The van der Waals surface area contributed by atoms with E-state index in [4.69, 9.17) is 0 Å². The lowest BCUT2D eigenvalue weighted by Gasteiger charge is -2.17. The number of benzene rings is 2. The van der Waals surface area contributed by atoms with E-state index < -0.39 is 16.1 Å². The van der Waals surface area contributed by atoms with Gasteiger partial charge in [0.05, 0.1) is 0 Å². The normalized spacial score (nSPS) is 15.6. The minimum atomic E-state index is -3.76. The summed E-state index contributed by atoms with van der Waals surface area (Å²) in [5, 5.41) is 4.00. The fourth-order valence-corrected chi connectivity index (χ4v) is 3.65. The van der Waals surface area contributed by atoms with Crippen LogP contribution in [0.15, 0.2) is 60.0 Å². The van der Waals surface area contributed by atoms with Crippen LogP contribution in [0.2, 0.25) is 0 Å². The third kappa shape index (κ3) is 6.34. The number of amides is 1. The largest absolute Gasteiger partial charge is 0.352 e. The van der Waals surface area contributed by atoms with E-state index in [0.29, 0.717) is 6.42 Å². The quantitative estimate of drug-likeness (QED) is 0.735. The molecule has 142 valence electrons. The average Bonchev–Trinajstić information content (AvgIpc) is 3.45. The molecule has 0 spiro atoms. The second-order valence-corrected chi connectivity index (χ2v) is 8.50. The van der Waals surface area contributed by atoms with Crippen molar-refractivity contribution < 1.29 is 13.2 Å². The van der Waals surface area contributed by atoms with Gasteiger partial charge in [-0.2, -0.15) is 4.72 Å². The Morgan fingerprint density at radius 2 is 1.78 bits per heavy atom. The van der Waals surface area contributed by atoms with Crippen LogP contribution in [0.1, 0.15) is 29.5 Å². The van der Waals surface area contributed by atoms with E-state index in [9.17, 15) is 13.2 Å². The highest BCUT2D eigenvalue weighted by atomic mass is 32.2. The number of rotatable bonds is 8. The van der Waals surface area contributed by atoms with Crippen LogP contribution in [0.3, 0.4) is 0 Å². The van der Waals surface area contributed by atoms with Crippen molar-refractivity contribution in [2.45, 2.75) is 38.3 Å². The molecule has 2 aromatic rings. The number of carbonyl (C=O) groups is 1. The minimum absolute atomic E-state index is 0.170.